The monoisotopic (exact) mass is 509 g/mol. The number of halogens is 1. The fourth-order valence-electron chi connectivity index (χ4n) is 2.72. The van der Waals surface area contributed by atoms with E-state index in [1.54, 1.807) is 23.9 Å². The number of aromatic nitrogens is 2. The zero-order valence-electron chi connectivity index (χ0n) is 16.2. The number of benzene rings is 2. The summed E-state index contributed by atoms with van der Waals surface area (Å²) in [7, 11) is -3.30. The Labute approximate surface area is 196 Å². The van der Waals surface area contributed by atoms with Crippen molar-refractivity contribution in [2.45, 2.75) is 21.4 Å². The Kier molecular flexibility index (Phi) is 6.63. The van der Waals surface area contributed by atoms with Crippen LogP contribution in [-0.4, -0.2) is 30.5 Å². The van der Waals surface area contributed by atoms with E-state index in [-0.39, 0.29) is 17.2 Å². The lowest BCUT2D eigenvalue weighted by Gasteiger charge is -2.00. The summed E-state index contributed by atoms with van der Waals surface area (Å²) in [6.45, 7) is 0. The van der Waals surface area contributed by atoms with Crippen molar-refractivity contribution in [3.63, 3.8) is 0 Å². The Morgan fingerprint density at radius 1 is 1.19 bits per heavy atom. The topological polar surface area (TPSA) is 89.0 Å². The fourth-order valence-corrected chi connectivity index (χ4v) is 6.37. The van der Waals surface area contributed by atoms with Crippen LogP contribution in [0.5, 0.6) is 0 Å². The Hall–Kier alpha value is -1.98. The lowest BCUT2D eigenvalue weighted by Crippen LogP contribution is -2.14. The molecular weight excluding hydrogens is 494 g/mol. The number of nitrogens with one attached hydrogen (secondary N) is 1. The smallest absolute Gasteiger partial charge is 0.232 e. The van der Waals surface area contributed by atoms with Gasteiger partial charge in [-0.05, 0) is 35.9 Å². The molecule has 0 atom stereocenters. The van der Waals surface area contributed by atoms with Crippen molar-refractivity contribution >= 4 is 77.1 Å². The quantitative estimate of drug-likeness (QED) is 0.341. The Balaban J connectivity index is 1.36. The number of thiazole rings is 2. The Bertz CT molecular complexity index is 1370. The third-order valence-electron chi connectivity index (χ3n) is 4.16. The van der Waals surface area contributed by atoms with Crippen molar-refractivity contribution in [1.82, 2.24) is 9.97 Å². The van der Waals surface area contributed by atoms with Crippen LogP contribution >= 0.6 is 46.0 Å². The second-order valence-corrected chi connectivity index (χ2v) is 12.2. The van der Waals surface area contributed by atoms with Crippen molar-refractivity contribution in [1.29, 1.82) is 0 Å². The first-order valence-corrected chi connectivity index (χ1v) is 13.9. The number of carbonyl (C=O) groups excluding carboxylic acids is 1. The standard InChI is InChI=1S/C20H16ClN3O3S4/c1-31(26,27)15-5-6-16-17(9-15)30-19(23-16)24-18(25)8-14-11-29-20(22-14)28-10-12-3-2-4-13(21)7-12/h2-7,9,11H,8,10H2,1H3,(H,23,24,25). The molecule has 1 N–H and O–H groups in total. The molecule has 0 fully saturated rings. The van der Waals surface area contributed by atoms with E-state index < -0.39 is 9.84 Å². The third-order valence-corrected chi connectivity index (χ3v) is 8.58. The number of nitrogens with zero attached hydrogens (tertiary/aromatic N) is 2. The molecule has 160 valence electrons. The predicted octanol–water partition coefficient (Wildman–Crippen LogP) is 5.28. The number of fused-ring (bicyclic) bond motifs is 1. The van der Waals surface area contributed by atoms with Crippen molar-refractivity contribution in [2.75, 3.05) is 11.6 Å². The van der Waals surface area contributed by atoms with E-state index in [0.717, 1.165) is 21.9 Å². The van der Waals surface area contributed by atoms with Gasteiger partial charge in [0.1, 0.15) is 4.34 Å². The van der Waals surface area contributed by atoms with E-state index in [2.05, 4.69) is 15.3 Å². The lowest BCUT2D eigenvalue weighted by molar-refractivity contribution is -0.115. The highest BCUT2D eigenvalue weighted by Gasteiger charge is 2.14. The first kappa shape index (κ1) is 22.2. The average Bonchev–Trinajstić information content (AvgIpc) is 3.31. The summed E-state index contributed by atoms with van der Waals surface area (Å²) in [5.74, 6) is 0.528. The summed E-state index contributed by atoms with van der Waals surface area (Å²) in [5.41, 5.74) is 2.44. The summed E-state index contributed by atoms with van der Waals surface area (Å²) >= 11 is 10.3. The first-order valence-electron chi connectivity index (χ1n) is 8.98. The van der Waals surface area contributed by atoms with Gasteiger partial charge in [0.25, 0.3) is 0 Å². The van der Waals surface area contributed by atoms with Crippen LogP contribution in [0, 0.1) is 0 Å². The van der Waals surface area contributed by atoms with Gasteiger partial charge in [0.15, 0.2) is 15.0 Å². The Morgan fingerprint density at radius 3 is 2.81 bits per heavy atom. The summed E-state index contributed by atoms with van der Waals surface area (Å²) < 4.78 is 25.0. The minimum absolute atomic E-state index is 0.138. The number of hydrogen-bond donors (Lipinski definition) is 1. The van der Waals surface area contributed by atoms with E-state index in [1.165, 1.54) is 28.7 Å². The van der Waals surface area contributed by atoms with Gasteiger partial charge < -0.3 is 5.32 Å². The van der Waals surface area contributed by atoms with Gasteiger partial charge in [0, 0.05) is 22.4 Å². The van der Waals surface area contributed by atoms with Crippen LogP contribution in [0.4, 0.5) is 5.13 Å². The van der Waals surface area contributed by atoms with Gasteiger partial charge in [0.2, 0.25) is 5.91 Å². The molecule has 0 saturated carbocycles. The normalized spacial score (nSPS) is 11.7. The molecule has 0 bridgehead atoms. The molecule has 0 saturated heterocycles. The molecule has 6 nitrogen and oxygen atoms in total. The maximum Gasteiger partial charge on any atom is 0.232 e. The van der Waals surface area contributed by atoms with Crippen molar-refractivity contribution in [2.24, 2.45) is 0 Å². The molecule has 0 aliphatic heterocycles. The van der Waals surface area contributed by atoms with E-state index in [9.17, 15) is 13.2 Å². The summed E-state index contributed by atoms with van der Waals surface area (Å²) in [6, 6.07) is 12.4. The van der Waals surface area contributed by atoms with Gasteiger partial charge in [-0.15, -0.1) is 11.3 Å². The zero-order valence-corrected chi connectivity index (χ0v) is 20.2. The van der Waals surface area contributed by atoms with Crippen LogP contribution in [0.3, 0.4) is 0 Å². The van der Waals surface area contributed by atoms with Crippen molar-refractivity contribution in [3.8, 4) is 0 Å². The summed E-state index contributed by atoms with van der Waals surface area (Å²) in [4.78, 5) is 21.5. The molecule has 2 aromatic carbocycles. The number of amides is 1. The van der Waals surface area contributed by atoms with E-state index >= 15 is 0 Å². The molecule has 2 aromatic heterocycles. The molecule has 0 unspecified atom stereocenters. The van der Waals surface area contributed by atoms with Gasteiger partial charge in [-0.3, -0.25) is 4.79 Å². The van der Waals surface area contributed by atoms with Gasteiger partial charge in [-0.25, -0.2) is 18.4 Å². The van der Waals surface area contributed by atoms with E-state index in [1.807, 2.05) is 29.6 Å². The summed E-state index contributed by atoms with van der Waals surface area (Å²) in [5, 5.41) is 5.78. The van der Waals surface area contributed by atoms with Crippen LogP contribution in [0.2, 0.25) is 5.02 Å². The first-order chi connectivity index (χ1) is 14.8. The molecule has 0 radical (unpaired) electrons. The van der Waals surface area contributed by atoms with Crippen LogP contribution in [0.15, 0.2) is 57.1 Å². The average molecular weight is 510 g/mol. The van der Waals surface area contributed by atoms with Crippen molar-refractivity contribution in [3.05, 3.63) is 64.1 Å². The number of rotatable bonds is 7. The van der Waals surface area contributed by atoms with Crippen LogP contribution in [-0.2, 0) is 26.8 Å². The van der Waals surface area contributed by atoms with Crippen LogP contribution in [0.1, 0.15) is 11.3 Å². The minimum atomic E-state index is -3.30. The predicted molar refractivity (Wildman–Crippen MR) is 128 cm³/mol. The van der Waals surface area contributed by atoms with E-state index in [0.29, 0.717) is 26.1 Å². The second kappa shape index (κ2) is 9.25. The molecule has 4 rings (SSSR count). The van der Waals surface area contributed by atoms with E-state index in [4.69, 9.17) is 11.6 Å². The maximum absolute atomic E-state index is 12.4. The third kappa shape index (κ3) is 5.83. The van der Waals surface area contributed by atoms with Gasteiger partial charge in [0.05, 0.1) is 27.2 Å². The molecule has 0 aliphatic carbocycles. The largest absolute Gasteiger partial charge is 0.302 e. The number of hydrogen-bond acceptors (Lipinski definition) is 8. The number of sulfone groups is 1. The van der Waals surface area contributed by atoms with Crippen LogP contribution in [0.25, 0.3) is 10.2 Å². The summed E-state index contributed by atoms with van der Waals surface area (Å²) in [6.07, 6.45) is 1.30. The molecule has 0 spiro atoms. The highest BCUT2D eigenvalue weighted by atomic mass is 35.5. The van der Waals surface area contributed by atoms with Gasteiger partial charge in [-0.2, -0.15) is 0 Å². The highest BCUT2D eigenvalue weighted by molar-refractivity contribution is 8.00. The molecule has 0 aliphatic rings. The van der Waals surface area contributed by atoms with Crippen molar-refractivity contribution < 1.29 is 13.2 Å². The number of thioether (sulfide) groups is 1. The molecule has 4 aromatic rings. The maximum atomic E-state index is 12.4. The number of carbonyl (C=O) groups is 1. The minimum Gasteiger partial charge on any atom is -0.302 e. The molecule has 1 amide bonds. The Morgan fingerprint density at radius 2 is 2.03 bits per heavy atom. The van der Waals surface area contributed by atoms with Gasteiger partial charge in [-0.1, -0.05) is 46.8 Å². The number of anilines is 1. The zero-order chi connectivity index (χ0) is 22.0. The fraction of sp³-hybridized carbons (Fsp3) is 0.150. The highest BCUT2D eigenvalue weighted by Crippen LogP contribution is 2.29. The van der Waals surface area contributed by atoms with Crippen LogP contribution < -0.4 is 5.32 Å². The molecule has 2 heterocycles. The second-order valence-electron chi connectivity index (χ2n) is 6.67. The molecule has 31 heavy (non-hydrogen) atoms. The molecular formula is C20H16ClN3O3S4. The molecule has 11 heteroatoms. The van der Waals surface area contributed by atoms with Gasteiger partial charge >= 0.3 is 0 Å². The lowest BCUT2D eigenvalue weighted by atomic mass is 10.2. The SMILES string of the molecule is CS(=O)(=O)c1ccc2nc(NC(=O)Cc3csc(SCc4cccc(Cl)c4)n3)sc2c1.